The van der Waals surface area contributed by atoms with Crippen LogP contribution < -0.4 is 15.4 Å². The van der Waals surface area contributed by atoms with E-state index < -0.39 is 11.6 Å². The summed E-state index contributed by atoms with van der Waals surface area (Å²) in [6.45, 7) is 5.77. The number of nitrogens with zero attached hydrogens (tertiary/aromatic N) is 1. The first kappa shape index (κ1) is 26.9. The van der Waals surface area contributed by atoms with Crippen LogP contribution in [-0.4, -0.2) is 48.4 Å². The van der Waals surface area contributed by atoms with Crippen LogP contribution in [0.15, 0.2) is 72.1 Å². The predicted molar refractivity (Wildman–Crippen MR) is 142 cm³/mol. The van der Waals surface area contributed by atoms with Crippen LogP contribution >= 0.6 is 11.3 Å². The lowest BCUT2D eigenvalue weighted by Gasteiger charge is -2.34. The molecule has 1 heterocycles. The Labute approximate surface area is 216 Å². The van der Waals surface area contributed by atoms with Gasteiger partial charge in [-0.05, 0) is 61.9 Å². The van der Waals surface area contributed by atoms with Crippen LogP contribution in [0.5, 0.6) is 5.75 Å². The Bertz CT molecular complexity index is 1140. The number of hydrogen-bond acceptors (Lipinski definition) is 5. The number of methoxy groups -OCH3 is 1. The molecule has 0 fully saturated rings. The number of nitrogens with one attached hydrogen (secondary N) is 2. The molecule has 2 N–H and O–H groups in total. The number of thiophene rings is 1. The third kappa shape index (κ3) is 7.68. The topological polar surface area (TPSA) is 87.7 Å². The van der Waals surface area contributed by atoms with Gasteiger partial charge >= 0.3 is 0 Å². The van der Waals surface area contributed by atoms with E-state index in [0.717, 1.165) is 11.3 Å². The number of carbonyl (C=O) groups is 3. The number of ether oxygens (including phenoxy) is 1. The van der Waals surface area contributed by atoms with Gasteiger partial charge in [-0.2, -0.15) is 0 Å². The third-order valence-corrected chi connectivity index (χ3v) is 6.31. The molecular weight excluding hydrogens is 474 g/mol. The molecule has 8 heteroatoms. The van der Waals surface area contributed by atoms with Crippen LogP contribution in [0.25, 0.3) is 0 Å². The lowest BCUT2D eigenvalue weighted by atomic mass is 10.0. The highest BCUT2D eigenvalue weighted by molar-refractivity contribution is 7.12. The van der Waals surface area contributed by atoms with Crippen molar-refractivity contribution in [3.8, 4) is 5.75 Å². The summed E-state index contributed by atoms with van der Waals surface area (Å²) in [6, 6.07) is 19.5. The van der Waals surface area contributed by atoms with Crippen molar-refractivity contribution in [3.63, 3.8) is 0 Å². The molecule has 36 heavy (non-hydrogen) atoms. The fraction of sp³-hybridized carbons (Fsp3) is 0.321. The van der Waals surface area contributed by atoms with Crippen molar-refractivity contribution in [1.82, 2.24) is 15.5 Å². The summed E-state index contributed by atoms with van der Waals surface area (Å²) >= 11 is 1.30. The van der Waals surface area contributed by atoms with Crippen molar-refractivity contribution in [3.05, 3.63) is 88.1 Å². The van der Waals surface area contributed by atoms with E-state index in [-0.39, 0.29) is 30.8 Å². The van der Waals surface area contributed by atoms with Gasteiger partial charge in [0, 0.05) is 12.1 Å². The number of carbonyl (C=O) groups excluding carboxylic acids is 3. The maximum Gasteiger partial charge on any atom is 0.261 e. The molecule has 3 aromatic rings. The van der Waals surface area contributed by atoms with Gasteiger partial charge in [-0.15, -0.1) is 11.3 Å². The van der Waals surface area contributed by atoms with Crippen LogP contribution in [-0.2, 0) is 16.0 Å². The zero-order valence-corrected chi connectivity index (χ0v) is 21.9. The molecule has 7 nitrogen and oxygen atoms in total. The lowest BCUT2D eigenvalue weighted by molar-refractivity contribution is -0.140. The second kappa shape index (κ2) is 12.4. The van der Waals surface area contributed by atoms with Crippen LogP contribution in [0, 0.1) is 0 Å². The summed E-state index contributed by atoms with van der Waals surface area (Å²) in [5, 5.41) is 7.53. The molecule has 190 valence electrons. The number of rotatable bonds is 10. The highest BCUT2D eigenvalue weighted by Crippen LogP contribution is 2.24. The average Bonchev–Trinajstić information content (AvgIpc) is 3.40. The minimum atomic E-state index is -0.852. The van der Waals surface area contributed by atoms with Crippen molar-refractivity contribution >= 4 is 29.1 Å². The van der Waals surface area contributed by atoms with Gasteiger partial charge in [0.1, 0.15) is 11.8 Å². The van der Waals surface area contributed by atoms with E-state index in [1.807, 2.05) is 75.4 Å². The van der Waals surface area contributed by atoms with E-state index in [0.29, 0.717) is 16.9 Å². The molecule has 0 spiro atoms. The van der Waals surface area contributed by atoms with E-state index in [1.54, 1.807) is 29.5 Å². The van der Waals surface area contributed by atoms with E-state index in [1.165, 1.54) is 11.3 Å². The second-order valence-electron chi connectivity index (χ2n) is 9.40. The summed E-state index contributed by atoms with van der Waals surface area (Å²) in [5.41, 5.74) is 1.22. The smallest absolute Gasteiger partial charge is 0.261 e. The fourth-order valence-electron chi connectivity index (χ4n) is 3.74. The van der Waals surface area contributed by atoms with Crippen molar-refractivity contribution < 1.29 is 19.1 Å². The Morgan fingerprint density at radius 1 is 0.972 bits per heavy atom. The largest absolute Gasteiger partial charge is 0.497 e. The van der Waals surface area contributed by atoms with Gasteiger partial charge in [-0.1, -0.05) is 48.5 Å². The van der Waals surface area contributed by atoms with Gasteiger partial charge < -0.3 is 20.3 Å². The second-order valence-corrected chi connectivity index (χ2v) is 10.3. The van der Waals surface area contributed by atoms with Crippen LogP contribution in [0.2, 0.25) is 0 Å². The number of amides is 3. The third-order valence-electron chi connectivity index (χ3n) is 5.44. The summed E-state index contributed by atoms with van der Waals surface area (Å²) in [7, 11) is 1.61. The van der Waals surface area contributed by atoms with Crippen molar-refractivity contribution in [2.24, 2.45) is 0 Å². The quantitative estimate of drug-likeness (QED) is 0.430. The molecule has 0 radical (unpaired) electrons. The van der Waals surface area contributed by atoms with Gasteiger partial charge in [-0.3, -0.25) is 14.4 Å². The van der Waals surface area contributed by atoms with Gasteiger partial charge in [0.25, 0.3) is 5.91 Å². The molecule has 0 aliphatic carbocycles. The van der Waals surface area contributed by atoms with Crippen LogP contribution in [0.1, 0.15) is 47.6 Å². The molecule has 0 aliphatic heterocycles. The Balaban J connectivity index is 1.88. The maximum atomic E-state index is 13.5. The first-order valence-electron chi connectivity index (χ1n) is 11.8. The zero-order valence-electron chi connectivity index (χ0n) is 21.1. The van der Waals surface area contributed by atoms with E-state index in [2.05, 4.69) is 10.6 Å². The van der Waals surface area contributed by atoms with Crippen LogP contribution in [0.4, 0.5) is 0 Å². The Morgan fingerprint density at radius 2 is 1.67 bits per heavy atom. The van der Waals surface area contributed by atoms with Crippen LogP contribution in [0.3, 0.4) is 0 Å². The Kier molecular flexibility index (Phi) is 9.25. The molecule has 0 aliphatic rings. The Morgan fingerprint density at radius 3 is 2.25 bits per heavy atom. The molecule has 1 aromatic heterocycles. The van der Waals surface area contributed by atoms with E-state index >= 15 is 0 Å². The highest BCUT2D eigenvalue weighted by atomic mass is 32.1. The van der Waals surface area contributed by atoms with Gasteiger partial charge in [-0.25, -0.2) is 0 Å². The lowest BCUT2D eigenvalue weighted by Crippen LogP contribution is -2.51. The summed E-state index contributed by atoms with van der Waals surface area (Å²) in [5.74, 6) is -0.189. The predicted octanol–water partition coefficient (Wildman–Crippen LogP) is 4.21. The van der Waals surface area contributed by atoms with Gasteiger partial charge in [0.15, 0.2) is 0 Å². The first-order valence-corrected chi connectivity index (χ1v) is 12.7. The summed E-state index contributed by atoms with van der Waals surface area (Å²) in [4.78, 5) is 41.6. The Hall–Kier alpha value is -3.65. The normalized spacial score (nSPS) is 11.9. The highest BCUT2D eigenvalue weighted by Gasteiger charge is 2.33. The fourth-order valence-corrected chi connectivity index (χ4v) is 4.38. The molecule has 0 unspecified atom stereocenters. The monoisotopic (exact) mass is 507 g/mol. The molecule has 3 amide bonds. The van der Waals surface area contributed by atoms with E-state index in [9.17, 15) is 14.4 Å². The summed E-state index contributed by atoms with van der Waals surface area (Å²) < 4.78 is 5.24. The number of hydrogen-bond donors (Lipinski definition) is 2. The molecule has 1 atom stereocenters. The SMILES string of the molecule is COc1ccc(CCN(C(=O)CNC(=O)c2cccs2)[C@@H](C(=O)NC(C)(C)C)c2ccccc2)cc1. The molecule has 0 bridgehead atoms. The minimum Gasteiger partial charge on any atom is -0.497 e. The van der Waals surface area contributed by atoms with Crippen molar-refractivity contribution in [2.45, 2.75) is 38.8 Å². The molecular formula is C28H33N3O4S. The summed E-state index contributed by atoms with van der Waals surface area (Å²) in [6.07, 6.45) is 0.529. The first-order chi connectivity index (χ1) is 17.2. The molecule has 3 rings (SSSR count). The van der Waals surface area contributed by atoms with E-state index in [4.69, 9.17) is 4.74 Å². The van der Waals surface area contributed by atoms with Crippen molar-refractivity contribution in [2.75, 3.05) is 20.2 Å². The van der Waals surface area contributed by atoms with Gasteiger partial charge in [0.2, 0.25) is 11.8 Å². The van der Waals surface area contributed by atoms with Gasteiger partial charge in [0.05, 0.1) is 18.5 Å². The molecule has 2 aromatic carbocycles. The standard InChI is InChI=1S/C28H33N3O4S/c1-28(2,3)30-27(34)25(21-9-6-5-7-10-21)31(17-16-20-12-14-22(35-4)15-13-20)24(32)19-29-26(33)23-11-8-18-36-23/h5-15,18,25H,16-17,19H2,1-4H3,(H,29,33)(H,30,34)/t25-/m1/s1. The minimum absolute atomic E-state index is 0.217. The average molecular weight is 508 g/mol. The van der Waals surface area contributed by atoms with Crippen molar-refractivity contribution in [1.29, 1.82) is 0 Å². The maximum absolute atomic E-state index is 13.5. The molecule has 0 saturated carbocycles. The number of benzene rings is 2. The zero-order chi connectivity index (χ0) is 26.1. The molecule has 0 saturated heterocycles.